The van der Waals surface area contributed by atoms with E-state index in [1.54, 1.807) is 0 Å². The molecule has 3 heteroatoms. The van der Waals surface area contributed by atoms with Crippen molar-refractivity contribution in [3.63, 3.8) is 0 Å². The van der Waals surface area contributed by atoms with E-state index in [4.69, 9.17) is 5.11 Å². The third kappa shape index (κ3) is 2.29. The van der Waals surface area contributed by atoms with Crippen LogP contribution >= 0.6 is 0 Å². The minimum atomic E-state index is -0.413. The Kier molecular flexibility index (Phi) is 2.11. The lowest BCUT2D eigenvalue weighted by Crippen LogP contribution is -2.00. The molecular weight excluding hydrogens is 144 g/mol. The number of carbonyl (C=O) groups excluding carboxylic acids is 1. The van der Waals surface area contributed by atoms with Crippen molar-refractivity contribution in [1.29, 1.82) is 0 Å². The first-order valence-electron chi connectivity index (χ1n) is 3.07. The van der Waals surface area contributed by atoms with Gasteiger partial charge in [0, 0.05) is 13.0 Å². The van der Waals surface area contributed by atoms with Gasteiger partial charge >= 0.3 is 5.97 Å². The molecule has 0 fully saturated rings. The number of hydrogen-bond acceptors (Lipinski definition) is 3. The molecule has 1 aromatic carbocycles. The van der Waals surface area contributed by atoms with E-state index in [0.717, 1.165) is 0 Å². The van der Waals surface area contributed by atoms with Crippen molar-refractivity contribution >= 4 is 5.97 Å². The first-order chi connectivity index (χ1) is 5.18. The van der Waals surface area contributed by atoms with E-state index < -0.39 is 5.97 Å². The second-order valence-electron chi connectivity index (χ2n) is 2.02. The van der Waals surface area contributed by atoms with Crippen LogP contribution in [0.2, 0.25) is 0 Å². The van der Waals surface area contributed by atoms with Crippen LogP contribution in [0, 0.1) is 6.07 Å². The molecule has 0 aliphatic carbocycles. The molecule has 1 aromatic rings. The van der Waals surface area contributed by atoms with Crippen LogP contribution in [0.5, 0.6) is 11.5 Å². The Hall–Kier alpha value is -1.51. The number of carbonyl (C=O) groups is 1. The van der Waals surface area contributed by atoms with Gasteiger partial charge in [-0.05, 0) is 18.2 Å². The van der Waals surface area contributed by atoms with Crippen molar-refractivity contribution in [3.05, 3.63) is 24.3 Å². The van der Waals surface area contributed by atoms with Gasteiger partial charge in [0.1, 0.15) is 11.5 Å². The smallest absolute Gasteiger partial charge is 0.308 e. The number of ether oxygens (including phenoxy) is 1. The molecule has 0 atom stereocenters. The Bertz CT molecular complexity index is 268. The Labute approximate surface area is 64.2 Å². The zero-order valence-electron chi connectivity index (χ0n) is 6.00. The average Bonchev–Trinajstić information content (AvgIpc) is 1.85. The van der Waals surface area contributed by atoms with E-state index in [0.29, 0.717) is 5.75 Å². The number of phenols is 1. The minimum Gasteiger partial charge on any atom is -0.508 e. The van der Waals surface area contributed by atoms with Crippen molar-refractivity contribution in [1.82, 2.24) is 0 Å². The van der Waals surface area contributed by atoms with Crippen LogP contribution in [0.15, 0.2) is 18.2 Å². The first-order valence-corrected chi connectivity index (χ1v) is 3.07. The third-order valence-electron chi connectivity index (χ3n) is 1.01. The molecule has 1 N–H and O–H groups in total. The predicted molar refractivity (Wildman–Crippen MR) is 38.3 cm³/mol. The van der Waals surface area contributed by atoms with Gasteiger partial charge in [-0.25, -0.2) is 0 Å². The van der Waals surface area contributed by atoms with E-state index in [1.807, 2.05) is 0 Å². The van der Waals surface area contributed by atoms with Crippen molar-refractivity contribution in [2.45, 2.75) is 6.92 Å². The van der Waals surface area contributed by atoms with Gasteiger partial charge in [0.05, 0.1) is 0 Å². The summed E-state index contributed by atoms with van der Waals surface area (Å²) in [7, 11) is 0. The highest BCUT2D eigenvalue weighted by Crippen LogP contribution is 2.16. The standard InChI is InChI=1S/C8H7O3/c1-6(9)11-8-4-2-3-7(10)5-8/h3-5,10H,1H3. The fourth-order valence-corrected chi connectivity index (χ4v) is 0.663. The topological polar surface area (TPSA) is 46.5 Å². The van der Waals surface area contributed by atoms with Crippen LogP contribution in [-0.4, -0.2) is 11.1 Å². The summed E-state index contributed by atoms with van der Waals surface area (Å²) in [5.74, 6) is -0.0785. The number of aromatic hydroxyl groups is 1. The molecule has 0 spiro atoms. The number of rotatable bonds is 1. The van der Waals surface area contributed by atoms with Crippen LogP contribution in [0.25, 0.3) is 0 Å². The molecule has 1 radical (unpaired) electrons. The fraction of sp³-hybridized carbons (Fsp3) is 0.125. The van der Waals surface area contributed by atoms with Crippen molar-refractivity contribution in [3.8, 4) is 11.5 Å². The first kappa shape index (κ1) is 7.60. The summed E-state index contributed by atoms with van der Waals surface area (Å²) >= 11 is 0. The second kappa shape index (κ2) is 3.05. The lowest BCUT2D eigenvalue weighted by Gasteiger charge is -1.99. The molecule has 0 unspecified atom stereocenters. The largest absolute Gasteiger partial charge is 0.508 e. The van der Waals surface area contributed by atoms with Crippen LogP contribution in [0.1, 0.15) is 6.92 Å². The summed E-state index contributed by atoms with van der Waals surface area (Å²) in [6, 6.07) is 6.81. The van der Waals surface area contributed by atoms with Crippen LogP contribution in [0.4, 0.5) is 0 Å². The maximum Gasteiger partial charge on any atom is 0.308 e. The number of benzene rings is 1. The fourth-order valence-electron chi connectivity index (χ4n) is 0.663. The molecule has 3 nitrogen and oxygen atoms in total. The quantitative estimate of drug-likeness (QED) is 0.483. The molecule has 0 amide bonds. The van der Waals surface area contributed by atoms with Crippen molar-refractivity contribution < 1.29 is 14.6 Å². The molecule has 0 aromatic heterocycles. The average molecular weight is 151 g/mol. The highest BCUT2D eigenvalue weighted by atomic mass is 16.5. The third-order valence-corrected chi connectivity index (χ3v) is 1.01. The predicted octanol–water partition coefficient (Wildman–Crippen LogP) is 1.12. The molecule has 0 heterocycles. The van der Waals surface area contributed by atoms with E-state index in [9.17, 15) is 4.79 Å². The Balaban J connectivity index is 2.79. The monoisotopic (exact) mass is 151 g/mol. The minimum absolute atomic E-state index is 0.0313. The molecule has 57 valence electrons. The zero-order chi connectivity index (χ0) is 8.27. The van der Waals surface area contributed by atoms with Crippen molar-refractivity contribution in [2.24, 2.45) is 0 Å². The molecule has 0 aliphatic rings. The number of esters is 1. The highest BCUT2D eigenvalue weighted by molar-refractivity contribution is 5.69. The van der Waals surface area contributed by atoms with Gasteiger partial charge in [0.2, 0.25) is 0 Å². The molecule has 11 heavy (non-hydrogen) atoms. The van der Waals surface area contributed by atoms with Gasteiger partial charge in [0.25, 0.3) is 0 Å². The van der Waals surface area contributed by atoms with E-state index >= 15 is 0 Å². The summed E-state index contributed by atoms with van der Waals surface area (Å²) in [6.07, 6.45) is 0. The SMILES string of the molecule is CC(=O)Oc1c[c]cc(O)c1. The molecule has 1 rings (SSSR count). The molecule has 0 saturated heterocycles. The van der Waals surface area contributed by atoms with Gasteiger partial charge in [-0.2, -0.15) is 0 Å². The van der Waals surface area contributed by atoms with Crippen LogP contribution < -0.4 is 4.74 Å². The maximum absolute atomic E-state index is 10.4. The van der Waals surface area contributed by atoms with E-state index in [2.05, 4.69) is 10.8 Å². The summed E-state index contributed by atoms with van der Waals surface area (Å²) < 4.78 is 4.66. The lowest BCUT2D eigenvalue weighted by atomic mass is 10.3. The summed E-state index contributed by atoms with van der Waals surface area (Å²) in [5, 5.41) is 8.90. The van der Waals surface area contributed by atoms with Gasteiger partial charge in [-0.1, -0.05) is 0 Å². The number of phenolic OH excluding ortho intramolecular Hbond substituents is 1. The maximum atomic E-state index is 10.4. The molecule has 0 aliphatic heterocycles. The zero-order valence-corrected chi connectivity index (χ0v) is 6.00. The second-order valence-corrected chi connectivity index (χ2v) is 2.02. The summed E-state index contributed by atoms with van der Waals surface area (Å²) in [5.41, 5.74) is 0. The van der Waals surface area contributed by atoms with Crippen LogP contribution in [-0.2, 0) is 4.79 Å². The van der Waals surface area contributed by atoms with Crippen LogP contribution in [0.3, 0.4) is 0 Å². The van der Waals surface area contributed by atoms with Gasteiger partial charge in [-0.3, -0.25) is 4.79 Å². The summed E-state index contributed by atoms with van der Waals surface area (Å²) in [6.45, 7) is 1.30. The normalized spacial score (nSPS) is 9.18. The lowest BCUT2D eigenvalue weighted by molar-refractivity contribution is -0.131. The Morgan fingerprint density at radius 3 is 2.91 bits per heavy atom. The Morgan fingerprint density at radius 2 is 2.36 bits per heavy atom. The molecule has 0 saturated carbocycles. The molecule has 0 bridgehead atoms. The summed E-state index contributed by atoms with van der Waals surface area (Å²) in [4.78, 5) is 10.4. The Morgan fingerprint density at radius 1 is 1.64 bits per heavy atom. The highest BCUT2D eigenvalue weighted by Gasteiger charge is 1.97. The molecular formula is C8H7O3. The van der Waals surface area contributed by atoms with Gasteiger partial charge in [-0.15, -0.1) is 0 Å². The van der Waals surface area contributed by atoms with E-state index in [1.165, 1.54) is 25.1 Å². The van der Waals surface area contributed by atoms with E-state index in [-0.39, 0.29) is 5.75 Å². The van der Waals surface area contributed by atoms with Gasteiger partial charge < -0.3 is 9.84 Å². The van der Waals surface area contributed by atoms with Gasteiger partial charge in [0.15, 0.2) is 0 Å². The number of hydrogen-bond donors (Lipinski definition) is 1. The van der Waals surface area contributed by atoms with Crippen molar-refractivity contribution in [2.75, 3.05) is 0 Å².